The van der Waals surface area contributed by atoms with Crippen molar-refractivity contribution in [3.63, 3.8) is 0 Å². The summed E-state index contributed by atoms with van der Waals surface area (Å²) in [5.74, 6) is 0.170. The third kappa shape index (κ3) is 2.54. The maximum absolute atomic E-state index is 12.8. The molecule has 1 aliphatic rings. The SMILES string of the molecule is Cc1ccccc1S(=O)(=O)N1CCc2ccc(O)cc2C1. The maximum Gasteiger partial charge on any atom is 0.243 e. The number of phenols is 1. The molecule has 0 unspecified atom stereocenters. The molecule has 21 heavy (non-hydrogen) atoms. The minimum absolute atomic E-state index is 0.170. The van der Waals surface area contributed by atoms with E-state index in [2.05, 4.69) is 0 Å². The van der Waals surface area contributed by atoms with Crippen LogP contribution < -0.4 is 0 Å². The van der Waals surface area contributed by atoms with Gasteiger partial charge in [-0.2, -0.15) is 4.31 Å². The first-order chi connectivity index (χ1) is 9.98. The molecule has 1 aliphatic heterocycles. The smallest absolute Gasteiger partial charge is 0.243 e. The molecule has 0 aromatic heterocycles. The Hall–Kier alpha value is -1.85. The van der Waals surface area contributed by atoms with Gasteiger partial charge in [-0.15, -0.1) is 0 Å². The highest BCUT2D eigenvalue weighted by Crippen LogP contribution is 2.28. The van der Waals surface area contributed by atoms with Crippen molar-refractivity contribution in [2.45, 2.75) is 24.8 Å². The van der Waals surface area contributed by atoms with Crippen molar-refractivity contribution in [1.82, 2.24) is 4.31 Å². The predicted octanol–water partition coefficient (Wildman–Crippen LogP) is 2.45. The van der Waals surface area contributed by atoms with Crippen LogP contribution >= 0.6 is 0 Å². The zero-order valence-corrected chi connectivity index (χ0v) is 12.6. The van der Waals surface area contributed by atoms with Gasteiger partial charge in [0.25, 0.3) is 0 Å². The van der Waals surface area contributed by atoms with E-state index < -0.39 is 10.0 Å². The zero-order valence-electron chi connectivity index (χ0n) is 11.8. The third-order valence-electron chi connectivity index (χ3n) is 3.88. The van der Waals surface area contributed by atoms with Crippen LogP contribution in [0.15, 0.2) is 47.4 Å². The Morgan fingerprint density at radius 1 is 1.10 bits per heavy atom. The second-order valence-corrected chi connectivity index (χ2v) is 7.21. The molecule has 0 fully saturated rings. The Morgan fingerprint density at radius 3 is 2.62 bits per heavy atom. The Balaban J connectivity index is 1.97. The second kappa shape index (κ2) is 5.16. The van der Waals surface area contributed by atoms with Crippen LogP contribution in [-0.2, 0) is 23.0 Å². The lowest BCUT2D eigenvalue weighted by Crippen LogP contribution is -2.36. The van der Waals surface area contributed by atoms with E-state index in [-0.39, 0.29) is 5.75 Å². The predicted molar refractivity (Wildman–Crippen MR) is 80.6 cm³/mol. The highest BCUT2D eigenvalue weighted by molar-refractivity contribution is 7.89. The highest BCUT2D eigenvalue weighted by atomic mass is 32.2. The molecule has 1 N–H and O–H groups in total. The van der Waals surface area contributed by atoms with Gasteiger partial charge in [0.05, 0.1) is 4.90 Å². The van der Waals surface area contributed by atoms with Crippen molar-refractivity contribution in [2.75, 3.05) is 6.54 Å². The molecule has 0 saturated carbocycles. The molecule has 0 amide bonds. The first-order valence-electron chi connectivity index (χ1n) is 6.85. The quantitative estimate of drug-likeness (QED) is 0.927. The normalized spacial score (nSPS) is 15.7. The van der Waals surface area contributed by atoms with Gasteiger partial charge in [0.1, 0.15) is 5.75 Å². The number of fused-ring (bicyclic) bond motifs is 1. The summed E-state index contributed by atoms with van der Waals surface area (Å²) in [6.07, 6.45) is 0.667. The van der Waals surface area contributed by atoms with Crippen LogP contribution in [0.1, 0.15) is 16.7 Å². The summed E-state index contributed by atoms with van der Waals surface area (Å²) in [5, 5.41) is 9.57. The van der Waals surface area contributed by atoms with Crippen molar-refractivity contribution in [2.24, 2.45) is 0 Å². The van der Waals surface area contributed by atoms with E-state index >= 15 is 0 Å². The summed E-state index contributed by atoms with van der Waals surface area (Å²) in [6.45, 7) is 2.57. The molecule has 0 saturated heterocycles. The lowest BCUT2D eigenvalue weighted by molar-refractivity contribution is 0.388. The molecule has 2 aromatic carbocycles. The molecule has 0 bridgehead atoms. The van der Waals surface area contributed by atoms with Crippen LogP contribution in [0, 0.1) is 6.92 Å². The van der Waals surface area contributed by atoms with Crippen LogP contribution in [0.5, 0.6) is 5.75 Å². The number of aryl methyl sites for hydroxylation is 1. The lowest BCUT2D eigenvalue weighted by Gasteiger charge is -2.28. The average Bonchev–Trinajstić information content (AvgIpc) is 2.46. The van der Waals surface area contributed by atoms with Crippen molar-refractivity contribution in [1.29, 1.82) is 0 Å². The first kappa shape index (κ1) is 14.1. The van der Waals surface area contributed by atoms with Crippen LogP contribution in [0.25, 0.3) is 0 Å². The van der Waals surface area contributed by atoms with Crippen molar-refractivity contribution in [3.8, 4) is 5.75 Å². The van der Waals surface area contributed by atoms with Crippen LogP contribution in [-0.4, -0.2) is 24.4 Å². The molecule has 4 nitrogen and oxygen atoms in total. The Kier molecular flexibility index (Phi) is 3.47. The molecule has 1 heterocycles. The number of nitrogens with zero attached hydrogens (tertiary/aromatic N) is 1. The molecular formula is C16H17NO3S. The first-order valence-corrected chi connectivity index (χ1v) is 8.29. The van der Waals surface area contributed by atoms with Gasteiger partial charge in [0.15, 0.2) is 0 Å². The number of benzene rings is 2. The number of rotatable bonds is 2. The van der Waals surface area contributed by atoms with Gasteiger partial charge in [-0.1, -0.05) is 24.3 Å². The molecule has 0 atom stereocenters. The Morgan fingerprint density at radius 2 is 1.86 bits per heavy atom. The van der Waals surface area contributed by atoms with Gasteiger partial charge in [-0.05, 0) is 48.2 Å². The van der Waals surface area contributed by atoms with Crippen molar-refractivity contribution < 1.29 is 13.5 Å². The second-order valence-electron chi connectivity index (χ2n) is 5.31. The van der Waals surface area contributed by atoms with Crippen molar-refractivity contribution >= 4 is 10.0 Å². The summed E-state index contributed by atoms with van der Waals surface area (Å²) in [6, 6.07) is 12.2. The maximum atomic E-state index is 12.8. The fourth-order valence-electron chi connectivity index (χ4n) is 2.71. The number of hydrogen-bond donors (Lipinski definition) is 1. The number of phenolic OH excluding ortho intramolecular Hbond substituents is 1. The number of aromatic hydroxyl groups is 1. The summed E-state index contributed by atoms with van der Waals surface area (Å²) >= 11 is 0. The molecule has 0 aliphatic carbocycles. The Labute approximate surface area is 124 Å². The highest BCUT2D eigenvalue weighted by Gasteiger charge is 2.29. The van der Waals surface area contributed by atoms with E-state index in [1.54, 1.807) is 37.3 Å². The summed E-state index contributed by atoms with van der Waals surface area (Å²) in [7, 11) is -3.50. The summed E-state index contributed by atoms with van der Waals surface area (Å²) in [4.78, 5) is 0.355. The molecule has 0 spiro atoms. The molecule has 0 radical (unpaired) electrons. The summed E-state index contributed by atoms with van der Waals surface area (Å²) < 4.78 is 27.0. The zero-order chi connectivity index (χ0) is 15.0. The van der Waals surface area contributed by atoms with Gasteiger partial charge in [-0.25, -0.2) is 8.42 Å². The minimum atomic E-state index is -3.50. The summed E-state index contributed by atoms with van der Waals surface area (Å²) in [5.41, 5.74) is 2.72. The third-order valence-corrected chi connectivity index (χ3v) is 5.88. The lowest BCUT2D eigenvalue weighted by atomic mass is 10.0. The van der Waals surface area contributed by atoms with E-state index in [9.17, 15) is 13.5 Å². The van der Waals surface area contributed by atoms with Gasteiger partial charge >= 0.3 is 0 Å². The average molecular weight is 303 g/mol. The van der Waals surface area contributed by atoms with Crippen LogP contribution in [0.3, 0.4) is 0 Å². The van der Waals surface area contributed by atoms with Crippen LogP contribution in [0.4, 0.5) is 0 Å². The molecule has 2 aromatic rings. The van der Waals surface area contributed by atoms with Gasteiger partial charge in [0.2, 0.25) is 10.0 Å². The van der Waals surface area contributed by atoms with Gasteiger partial charge in [0, 0.05) is 13.1 Å². The standard InChI is InChI=1S/C16H17NO3S/c1-12-4-2-3-5-16(12)21(19,20)17-9-8-13-6-7-15(18)10-14(13)11-17/h2-7,10,18H,8-9,11H2,1H3. The molecule has 3 rings (SSSR count). The molecule has 5 heteroatoms. The van der Waals surface area contributed by atoms with E-state index in [0.717, 1.165) is 16.7 Å². The minimum Gasteiger partial charge on any atom is -0.508 e. The fourth-order valence-corrected chi connectivity index (χ4v) is 4.35. The van der Waals surface area contributed by atoms with Gasteiger partial charge < -0.3 is 5.11 Å². The molecule has 110 valence electrons. The topological polar surface area (TPSA) is 57.6 Å². The van der Waals surface area contributed by atoms with E-state index in [4.69, 9.17) is 0 Å². The largest absolute Gasteiger partial charge is 0.508 e. The monoisotopic (exact) mass is 303 g/mol. The van der Waals surface area contributed by atoms with Crippen molar-refractivity contribution in [3.05, 3.63) is 59.2 Å². The fraction of sp³-hybridized carbons (Fsp3) is 0.250. The van der Waals surface area contributed by atoms with Gasteiger partial charge in [-0.3, -0.25) is 0 Å². The van der Waals surface area contributed by atoms with E-state index in [0.29, 0.717) is 24.4 Å². The van der Waals surface area contributed by atoms with Crippen LogP contribution in [0.2, 0.25) is 0 Å². The number of hydrogen-bond acceptors (Lipinski definition) is 3. The molecular weight excluding hydrogens is 286 g/mol. The van der Waals surface area contributed by atoms with E-state index in [1.807, 2.05) is 12.1 Å². The van der Waals surface area contributed by atoms with E-state index in [1.165, 1.54) is 4.31 Å². The Bertz CT molecular complexity index is 784. The number of sulfonamides is 1.